The maximum absolute atomic E-state index is 6.47. The van der Waals surface area contributed by atoms with Gasteiger partial charge in [-0.2, -0.15) is 0 Å². The highest BCUT2D eigenvalue weighted by molar-refractivity contribution is 6.39. The van der Waals surface area contributed by atoms with Gasteiger partial charge in [-0.25, -0.2) is 0 Å². The normalized spacial score (nSPS) is 16.0. The van der Waals surface area contributed by atoms with Gasteiger partial charge in [-0.05, 0) is 43.4 Å². The Balaban J connectivity index is 1.63. The molecular formula is C23H25Cl2N. The van der Waals surface area contributed by atoms with E-state index in [2.05, 4.69) is 24.1 Å². The van der Waals surface area contributed by atoms with Crippen molar-refractivity contribution >= 4 is 23.2 Å². The quantitative estimate of drug-likeness (QED) is 0.586. The lowest BCUT2D eigenvalue weighted by Gasteiger charge is -2.27. The lowest BCUT2D eigenvalue weighted by Crippen LogP contribution is -2.34. The average Bonchev–Trinajstić information content (AvgIpc) is 2.66. The summed E-state index contributed by atoms with van der Waals surface area (Å²) < 4.78 is 0. The molecule has 2 aromatic rings. The first-order valence-corrected chi connectivity index (χ1v) is 10.2. The second kappa shape index (κ2) is 9.47. The molecule has 1 fully saturated rings. The molecule has 0 aromatic heterocycles. The van der Waals surface area contributed by atoms with Gasteiger partial charge in [0, 0.05) is 17.2 Å². The molecular weight excluding hydrogens is 361 g/mol. The molecule has 1 atom stereocenters. The Bertz CT molecular complexity index is 760. The number of hydrogen-bond acceptors (Lipinski definition) is 1. The first-order valence-electron chi connectivity index (χ1n) is 9.42. The minimum Gasteiger partial charge on any atom is -0.303 e. The molecule has 1 aliphatic carbocycles. The largest absolute Gasteiger partial charge is 0.303 e. The number of benzene rings is 2. The number of hydrogen-bond donors (Lipinski definition) is 1. The van der Waals surface area contributed by atoms with Gasteiger partial charge >= 0.3 is 0 Å². The van der Waals surface area contributed by atoms with Gasteiger partial charge in [0.05, 0.1) is 16.6 Å². The summed E-state index contributed by atoms with van der Waals surface area (Å²) >= 11 is 12.9. The van der Waals surface area contributed by atoms with E-state index in [0.29, 0.717) is 22.6 Å². The summed E-state index contributed by atoms with van der Waals surface area (Å²) in [6.07, 6.45) is 6.81. The Labute approximate surface area is 167 Å². The first-order chi connectivity index (χ1) is 12.6. The van der Waals surface area contributed by atoms with E-state index in [1.54, 1.807) is 0 Å². The molecule has 1 saturated carbocycles. The Morgan fingerprint density at radius 1 is 1.04 bits per heavy atom. The van der Waals surface area contributed by atoms with Gasteiger partial charge in [-0.3, -0.25) is 0 Å². The molecule has 1 nitrogen and oxygen atoms in total. The third kappa shape index (κ3) is 5.04. The van der Waals surface area contributed by atoms with Gasteiger partial charge in [0.25, 0.3) is 0 Å². The highest BCUT2D eigenvalue weighted by Crippen LogP contribution is 2.35. The summed E-state index contributed by atoms with van der Waals surface area (Å²) in [7, 11) is 0. The average molecular weight is 386 g/mol. The van der Waals surface area contributed by atoms with Crippen LogP contribution in [0.4, 0.5) is 0 Å². The minimum absolute atomic E-state index is 0.525. The second-order valence-electron chi connectivity index (χ2n) is 7.05. The van der Waals surface area contributed by atoms with Gasteiger partial charge in [0.2, 0.25) is 0 Å². The molecule has 3 rings (SSSR count). The minimum atomic E-state index is 0.525. The van der Waals surface area contributed by atoms with Gasteiger partial charge in [-0.15, -0.1) is 0 Å². The van der Waals surface area contributed by atoms with Crippen molar-refractivity contribution in [1.82, 2.24) is 5.32 Å². The number of halogens is 2. The van der Waals surface area contributed by atoms with Crippen molar-refractivity contribution in [2.24, 2.45) is 5.92 Å². The number of nitrogens with one attached hydrogen (secondary N) is 1. The molecule has 3 heteroatoms. The van der Waals surface area contributed by atoms with E-state index in [1.807, 2.05) is 42.5 Å². The third-order valence-corrected chi connectivity index (χ3v) is 5.80. The molecule has 0 bridgehead atoms. The van der Waals surface area contributed by atoms with E-state index < -0.39 is 0 Å². The fraction of sp³-hybridized carbons (Fsp3) is 0.391. The van der Waals surface area contributed by atoms with E-state index in [1.165, 1.54) is 32.1 Å². The summed E-state index contributed by atoms with van der Waals surface area (Å²) in [6, 6.07) is 14.3. The van der Waals surface area contributed by atoms with E-state index in [4.69, 9.17) is 23.2 Å². The molecule has 0 spiro atoms. The van der Waals surface area contributed by atoms with Gasteiger partial charge in [-0.1, -0.05) is 84.6 Å². The lowest BCUT2D eigenvalue weighted by molar-refractivity contribution is 0.287. The maximum atomic E-state index is 6.47. The SMILES string of the molecule is CC(NCC#Cc1cc(Cl)c(-c2ccccc2)c(Cl)c1)C1CCCCC1. The second-order valence-corrected chi connectivity index (χ2v) is 7.86. The fourth-order valence-corrected chi connectivity index (χ4v) is 4.39. The summed E-state index contributed by atoms with van der Waals surface area (Å²) in [6.45, 7) is 2.97. The zero-order chi connectivity index (χ0) is 18.4. The molecule has 0 saturated heterocycles. The Morgan fingerprint density at radius 2 is 1.69 bits per heavy atom. The van der Waals surface area contributed by atoms with Crippen molar-refractivity contribution < 1.29 is 0 Å². The predicted octanol–water partition coefficient (Wildman–Crippen LogP) is 6.57. The molecule has 1 aliphatic rings. The molecule has 136 valence electrons. The van der Waals surface area contributed by atoms with Crippen molar-refractivity contribution in [3.63, 3.8) is 0 Å². The molecule has 26 heavy (non-hydrogen) atoms. The molecule has 0 heterocycles. The van der Waals surface area contributed by atoms with Crippen molar-refractivity contribution in [3.05, 3.63) is 58.1 Å². The smallest absolute Gasteiger partial charge is 0.0582 e. The molecule has 1 unspecified atom stereocenters. The highest BCUT2D eigenvalue weighted by atomic mass is 35.5. The third-order valence-electron chi connectivity index (χ3n) is 5.21. The van der Waals surface area contributed by atoms with Crippen LogP contribution in [0.3, 0.4) is 0 Å². The van der Waals surface area contributed by atoms with Crippen LogP contribution < -0.4 is 5.32 Å². The maximum Gasteiger partial charge on any atom is 0.0582 e. The molecule has 2 aromatic carbocycles. The monoisotopic (exact) mass is 385 g/mol. The van der Waals surface area contributed by atoms with Crippen LogP contribution in [0.1, 0.15) is 44.6 Å². The predicted molar refractivity (Wildman–Crippen MR) is 113 cm³/mol. The Kier molecular flexibility index (Phi) is 7.03. The molecule has 1 N–H and O–H groups in total. The summed E-state index contributed by atoms with van der Waals surface area (Å²) in [4.78, 5) is 0. The highest BCUT2D eigenvalue weighted by Gasteiger charge is 2.18. The van der Waals surface area contributed by atoms with E-state index >= 15 is 0 Å². The van der Waals surface area contributed by atoms with Crippen LogP contribution in [0.5, 0.6) is 0 Å². The Morgan fingerprint density at radius 3 is 2.35 bits per heavy atom. The summed E-state index contributed by atoms with van der Waals surface area (Å²) in [5.74, 6) is 7.18. The van der Waals surface area contributed by atoms with Gasteiger partial charge in [0.1, 0.15) is 0 Å². The van der Waals surface area contributed by atoms with Gasteiger partial charge < -0.3 is 5.32 Å². The first kappa shape index (κ1) is 19.3. The summed E-state index contributed by atoms with van der Waals surface area (Å²) in [5.41, 5.74) is 2.74. The van der Waals surface area contributed by atoms with Crippen molar-refractivity contribution in [2.75, 3.05) is 6.54 Å². The van der Waals surface area contributed by atoms with Crippen LogP contribution in [0, 0.1) is 17.8 Å². The van der Waals surface area contributed by atoms with E-state index in [0.717, 1.165) is 22.6 Å². The van der Waals surface area contributed by atoms with Crippen LogP contribution >= 0.6 is 23.2 Å². The standard InChI is InChI=1S/C23H25Cl2N/c1-17(19-10-4-2-5-11-19)26-14-8-9-18-15-21(24)23(22(25)16-18)20-12-6-3-7-13-20/h3,6-7,12-13,15-17,19,26H,2,4-5,10-11,14H2,1H3. The van der Waals surface area contributed by atoms with Crippen LogP contribution in [-0.4, -0.2) is 12.6 Å². The molecule has 0 aliphatic heterocycles. The van der Waals surface area contributed by atoms with Crippen molar-refractivity contribution in [3.8, 4) is 23.0 Å². The summed E-state index contributed by atoms with van der Waals surface area (Å²) in [5, 5.41) is 4.82. The Hall–Kier alpha value is -1.46. The molecule has 0 amide bonds. The molecule has 0 radical (unpaired) electrons. The van der Waals surface area contributed by atoms with Crippen molar-refractivity contribution in [1.29, 1.82) is 0 Å². The topological polar surface area (TPSA) is 12.0 Å². The number of rotatable bonds is 4. The fourth-order valence-electron chi connectivity index (χ4n) is 3.69. The zero-order valence-electron chi connectivity index (χ0n) is 15.2. The lowest BCUT2D eigenvalue weighted by atomic mass is 9.84. The van der Waals surface area contributed by atoms with Crippen LogP contribution in [0.2, 0.25) is 10.0 Å². The zero-order valence-corrected chi connectivity index (χ0v) is 16.7. The van der Waals surface area contributed by atoms with Crippen LogP contribution in [-0.2, 0) is 0 Å². The van der Waals surface area contributed by atoms with Gasteiger partial charge in [0.15, 0.2) is 0 Å². The van der Waals surface area contributed by atoms with E-state index in [9.17, 15) is 0 Å². The van der Waals surface area contributed by atoms with Crippen LogP contribution in [0.25, 0.3) is 11.1 Å². The van der Waals surface area contributed by atoms with Crippen LogP contribution in [0.15, 0.2) is 42.5 Å². The van der Waals surface area contributed by atoms with Crippen molar-refractivity contribution in [2.45, 2.75) is 45.1 Å². The van der Waals surface area contributed by atoms with E-state index in [-0.39, 0.29) is 0 Å².